The normalized spacial score (nSPS) is 18.3. The van der Waals surface area contributed by atoms with Crippen molar-refractivity contribution in [2.75, 3.05) is 13.6 Å². The molecule has 1 aliphatic carbocycles. The van der Waals surface area contributed by atoms with E-state index in [4.69, 9.17) is 0 Å². The quantitative estimate of drug-likeness (QED) is 0.798. The molecule has 0 bridgehead atoms. The second-order valence-corrected chi connectivity index (χ2v) is 5.36. The lowest BCUT2D eigenvalue weighted by molar-refractivity contribution is 0.243. The lowest BCUT2D eigenvalue weighted by Gasteiger charge is -2.24. The molecule has 1 aliphatic rings. The predicted octanol–water partition coefficient (Wildman–Crippen LogP) is 2.32. The first-order valence-corrected chi connectivity index (χ1v) is 6.64. The van der Waals surface area contributed by atoms with Gasteiger partial charge < -0.3 is 5.32 Å². The zero-order chi connectivity index (χ0) is 10.7. The maximum atomic E-state index is 3.58. The molecule has 1 unspecified atom stereocenters. The summed E-state index contributed by atoms with van der Waals surface area (Å²) < 4.78 is 0. The highest BCUT2D eigenvalue weighted by Crippen LogP contribution is 2.18. The molecule has 2 nitrogen and oxygen atoms in total. The van der Waals surface area contributed by atoms with E-state index < -0.39 is 0 Å². The molecular weight excluding hydrogens is 204 g/mol. The molecule has 1 aromatic heterocycles. The minimum absolute atomic E-state index is 0.616. The molecular formula is C12H20N2S. The van der Waals surface area contributed by atoms with Crippen LogP contribution in [0.25, 0.3) is 0 Å². The number of likely N-dealkylation sites (N-methyl/N-ethyl adjacent to an activating group) is 1. The molecule has 2 rings (SSSR count). The van der Waals surface area contributed by atoms with Crippen LogP contribution in [0.5, 0.6) is 0 Å². The average molecular weight is 224 g/mol. The van der Waals surface area contributed by atoms with Gasteiger partial charge in [-0.1, -0.05) is 0 Å². The van der Waals surface area contributed by atoms with E-state index in [0.717, 1.165) is 19.1 Å². The first-order chi connectivity index (χ1) is 7.25. The van der Waals surface area contributed by atoms with Crippen molar-refractivity contribution in [1.29, 1.82) is 0 Å². The van der Waals surface area contributed by atoms with Crippen molar-refractivity contribution in [3.63, 3.8) is 0 Å². The lowest BCUT2D eigenvalue weighted by atomic mass is 10.2. The zero-order valence-electron chi connectivity index (χ0n) is 9.57. The molecule has 0 amide bonds. The minimum Gasteiger partial charge on any atom is -0.312 e. The molecule has 1 heterocycles. The van der Waals surface area contributed by atoms with Crippen LogP contribution in [0.2, 0.25) is 0 Å². The maximum Gasteiger partial charge on any atom is 0.0242 e. The van der Waals surface area contributed by atoms with Gasteiger partial charge in [-0.2, -0.15) is 11.3 Å². The predicted molar refractivity (Wildman–Crippen MR) is 66.3 cm³/mol. The van der Waals surface area contributed by atoms with Crippen molar-refractivity contribution in [2.24, 2.45) is 0 Å². The third-order valence-electron chi connectivity index (χ3n) is 3.04. The Morgan fingerprint density at radius 2 is 2.40 bits per heavy atom. The minimum atomic E-state index is 0.616. The van der Waals surface area contributed by atoms with E-state index in [1.165, 1.54) is 18.4 Å². The molecule has 15 heavy (non-hydrogen) atoms. The zero-order valence-corrected chi connectivity index (χ0v) is 10.4. The van der Waals surface area contributed by atoms with Gasteiger partial charge in [0.05, 0.1) is 0 Å². The van der Waals surface area contributed by atoms with Gasteiger partial charge in [0.2, 0.25) is 0 Å². The van der Waals surface area contributed by atoms with E-state index in [-0.39, 0.29) is 0 Å². The van der Waals surface area contributed by atoms with Crippen molar-refractivity contribution >= 4 is 11.3 Å². The summed E-state index contributed by atoms with van der Waals surface area (Å²) in [5, 5.41) is 7.96. The first-order valence-electron chi connectivity index (χ1n) is 5.70. The van der Waals surface area contributed by atoms with Crippen LogP contribution in [-0.2, 0) is 6.54 Å². The molecule has 0 spiro atoms. The Bertz CT molecular complexity index is 280. The first kappa shape index (κ1) is 11.1. The Hall–Kier alpha value is -0.380. The Labute approximate surface area is 96.3 Å². The van der Waals surface area contributed by atoms with Crippen molar-refractivity contribution < 1.29 is 0 Å². The Kier molecular flexibility index (Phi) is 3.78. The fourth-order valence-corrected chi connectivity index (χ4v) is 2.27. The summed E-state index contributed by atoms with van der Waals surface area (Å²) in [6.07, 6.45) is 2.75. The van der Waals surface area contributed by atoms with Crippen LogP contribution >= 0.6 is 11.3 Å². The van der Waals surface area contributed by atoms with E-state index in [1.54, 1.807) is 11.3 Å². The molecule has 0 radical (unpaired) electrons. The summed E-state index contributed by atoms with van der Waals surface area (Å²) in [6.45, 7) is 4.48. The van der Waals surface area contributed by atoms with Gasteiger partial charge in [0.1, 0.15) is 0 Å². The second-order valence-electron chi connectivity index (χ2n) is 4.58. The van der Waals surface area contributed by atoms with Gasteiger partial charge in [-0.25, -0.2) is 0 Å². The average Bonchev–Trinajstić information content (AvgIpc) is 2.92. The smallest absolute Gasteiger partial charge is 0.0242 e. The van der Waals surface area contributed by atoms with Crippen LogP contribution in [0, 0.1) is 0 Å². The Morgan fingerprint density at radius 1 is 1.60 bits per heavy atom. The summed E-state index contributed by atoms with van der Waals surface area (Å²) in [4.78, 5) is 2.41. The third-order valence-corrected chi connectivity index (χ3v) is 3.78. The fourth-order valence-electron chi connectivity index (χ4n) is 1.61. The molecule has 1 fully saturated rings. The molecule has 3 heteroatoms. The van der Waals surface area contributed by atoms with Crippen LogP contribution in [0.4, 0.5) is 0 Å². The van der Waals surface area contributed by atoms with Crippen LogP contribution in [0.15, 0.2) is 16.8 Å². The number of rotatable bonds is 6. The summed E-state index contributed by atoms with van der Waals surface area (Å²) >= 11 is 1.78. The summed E-state index contributed by atoms with van der Waals surface area (Å²) in [5.74, 6) is 0. The van der Waals surface area contributed by atoms with Gasteiger partial charge in [0.25, 0.3) is 0 Å². The van der Waals surface area contributed by atoms with Crippen LogP contribution in [0.3, 0.4) is 0 Å². The summed E-state index contributed by atoms with van der Waals surface area (Å²) in [6, 6.07) is 3.65. The van der Waals surface area contributed by atoms with E-state index >= 15 is 0 Å². The van der Waals surface area contributed by atoms with E-state index in [2.05, 4.69) is 41.0 Å². The molecule has 84 valence electrons. The van der Waals surface area contributed by atoms with Crippen molar-refractivity contribution in [2.45, 2.75) is 38.4 Å². The summed E-state index contributed by atoms with van der Waals surface area (Å²) in [7, 11) is 2.21. The molecule has 0 saturated heterocycles. The SMILES string of the molecule is CC(CNC1CC1)N(C)Cc1ccsc1. The largest absolute Gasteiger partial charge is 0.312 e. The highest BCUT2D eigenvalue weighted by atomic mass is 32.1. The Morgan fingerprint density at radius 3 is 3.00 bits per heavy atom. The van der Waals surface area contributed by atoms with Gasteiger partial charge in [0.15, 0.2) is 0 Å². The molecule has 0 aromatic carbocycles. The maximum absolute atomic E-state index is 3.58. The third kappa shape index (κ3) is 3.59. The van der Waals surface area contributed by atoms with Crippen LogP contribution in [0.1, 0.15) is 25.3 Å². The van der Waals surface area contributed by atoms with Crippen molar-refractivity contribution in [3.05, 3.63) is 22.4 Å². The fraction of sp³-hybridized carbons (Fsp3) is 0.667. The van der Waals surface area contributed by atoms with Crippen LogP contribution in [-0.4, -0.2) is 30.6 Å². The number of thiophene rings is 1. The second kappa shape index (κ2) is 5.10. The van der Waals surface area contributed by atoms with Gasteiger partial charge in [-0.05, 0) is 49.2 Å². The summed E-state index contributed by atoms with van der Waals surface area (Å²) in [5.41, 5.74) is 1.43. The molecule has 1 aromatic rings. The monoisotopic (exact) mass is 224 g/mol. The molecule has 0 aliphatic heterocycles. The number of nitrogens with one attached hydrogen (secondary N) is 1. The van der Waals surface area contributed by atoms with Gasteiger partial charge >= 0.3 is 0 Å². The number of hydrogen-bond donors (Lipinski definition) is 1. The van der Waals surface area contributed by atoms with E-state index in [1.807, 2.05) is 0 Å². The van der Waals surface area contributed by atoms with Gasteiger partial charge in [0, 0.05) is 25.2 Å². The number of hydrogen-bond acceptors (Lipinski definition) is 3. The highest BCUT2D eigenvalue weighted by Gasteiger charge is 2.21. The van der Waals surface area contributed by atoms with Gasteiger partial charge in [-0.3, -0.25) is 4.90 Å². The standard InChI is InChI=1S/C12H20N2S/c1-10(7-13-12-3-4-12)14(2)8-11-5-6-15-9-11/h5-6,9-10,12-13H,3-4,7-8H2,1-2H3. The van der Waals surface area contributed by atoms with Gasteiger partial charge in [-0.15, -0.1) is 0 Å². The molecule has 1 atom stereocenters. The van der Waals surface area contributed by atoms with E-state index in [9.17, 15) is 0 Å². The Balaban J connectivity index is 1.71. The van der Waals surface area contributed by atoms with Crippen molar-refractivity contribution in [3.8, 4) is 0 Å². The molecule has 1 saturated carbocycles. The lowest BCUT2D eigenvalue weighted by Crippen LogP contribution is -2.38. The van der Waals surface area contributed by atoms with Crippen molar-refractivity contribution in [1.82, 2.24) is 10.2 Å². The molecule has 1 N–H and O–H groups in total. The van der Waals surface area contributed by atoms with E-state index in [0.29, 0.717) is 6.04 Å². The highest BCUT2D eigenvalue weighted by molar-refractivity contribution is 7.07. The topological polar surface area (TPSA) is 15.3 Å². The number of nitrogens with zero attached hydrogens (tertiary/aromatic N) is 1. The van der Waals surface area contributed by atoms with Crippen LogP contribution < -0.4 is 5.32 Å².